The highest BCUT2D eigenvalue weighted by Crippen LogP contribution is 2.50. The van der Waals surface area contributed by atoms with Gasteiger partial charge in [0.25, 0.3) is 0 Å². The second-order valence-electron chi connectivity index (χ2n) is 11.2. The number of nitrogens with zero attached hydrogens (tertiary/aromatic N) is 1. The fourth-order valence-corrected chi connectivity index (χ4v) is 7.58. The third-order valence-electron chi connectivity index (χ3n) is 8.65. The van der Waals surface area contributed by atoms with E-state index < -0.39 is 0 Å². The summed E-state index contributed by atoms with van der Waals surface area (Å²) in [6.07, 6.45) is 5.22. The van der Waals surface area contributed by atoms with Crippen molar-refractivity contribution in [2.24, 2.45) is 0 Å². The zero-order chi connectivity index (χ0) is 29.2. The molecule has 6 rings (SSSR count). The van der Waals surface area contributed by atoms with Gasteiger partial charge in [-0.3, -0.25) is 9.59 Å². The minimum Gasteiger partial charge on any atom is -0.493 e. The number of fused-ring (bicyclic) bond motifs is 1. The fraction of sp³-hybridized carbons (Fsp3) is 0.371. The predicted octanol–water partition coefficient (Wildman–Crippen LogP) is 7.48. The molecule has 0 radical (unpaired) electrons. The first-order valence-corrected chi connectivity index (χ1v) is 15.9. The Balaban J connectivity index is 1.40. The molecule has 0 bridgehead atoms. The average molecular weight is 678 g/mol. The molecule has 0 saturated carbocycles. The van der Waals surface area contributed by atoms with E-state index in [1.807, 2.05) is 24.3 Å². The monoisotopic (exact) mass is 677 g/mol. The lowest BCUT2D eigenvalue weighted by Crippen LogP contribution is -2.39. The lowest BCUT2D eigenvalue weighted by Gasteiger charge is -2.44. The Labute approximate surface area is 260 Å². The number of halogens is 1. The van der Waals surface area contributed by atoms with Crippen LogP contribution in [-0.2, 0) is 20.9 Å². The molecule has 6 nitrogen and oxygen atoms in total. The fourth-order valence-electron chi connectivity index (χ4n) is 6.80. The van der Waals surface area contributed by atoms with Gasteiger partial charge in [0.05, 0.1) is 10.7 Å². The van der Waals surface area contributed by atoms with Crippen LogP contribution in [-0.4, -0.2) is 43.8 Å². The number of hydrogen-bond acceptors (Lipinski definition) is 6. The molecule has 0 amide bonds. The highest BCUT2D eigenvalue weighted by molar-refractivity contribution is 14.1. The molecule has 0 aromatic heterocycles. The first-order valence-electron chi connectivity index (χ1n) is 14.8. The van der Waals surface area contributed by atoms with E-state index in [1.165, 1.54) is 5.39 Å². The number of methoxy groups -OCH3 is 2. The number of carbonyl (C=O) groups excluding carboxylic acids is 2. The Hall–Kier alpha value is -3.17. The van der Waals surface area contributed by atoms with Crippen LogP contribution in [0.3, 0.4) is 0 Å². The highest BCUT2D eigenvalue weighted by Gasteiger charge is 2.43. The molecule has 0 saturated heterocycles. The van der Waals surface area contributed by atoms with Crippen LogP contribution >= 0.6 is 22.6 Å². The summed E-state index contributed by atoms with van der Waals surface area (Å²) in [6, 6.07) is 18.6. The van der Waals surface area contributed by atoms with E-state index in [9.17, 15) is 9.59 Å². The Bertz CT molecular complexity index is 1560. The van der Waals surface area contributed by atoms with Gasteiger partial charge in [0.15, 0.2) is 23.1 Å². The summed E-state index contributed by atoms with van der Waals surface area (Å²) in [7, 11) is 3.35. The standard InChI is InChI=1S/C35H36INO5/c1-40-18-8-17-37-27-13-6-15-29(38)33(27)32(34-28(37)14-7-16-30(34)39)24-19-26(36)35(31(20-24)41-2)42-21-23-11-5-10-22-9-3-4-12-25(22)23/h3-5,9-12,19-20,32H,6-8,13-18,21H2,1-2H3. The molecule has 7 heteroatoms. The number of ketones is 2. The maximum Gasteiger partial charge on any atom is 0.174 e. The highest BCUT2D eigenvalue weighted by atomic mass is 127. The van der Waals surface area contributed by atoms with E-state index in [-0.39, 0.29) is 17.5 Å². The molecule has 1 aliphatic heterocycles. The molecule has 42 heavy (non-hydrogen) atoms. The maximum absolute atomic E-state index is 13.6. The van der Waals surface area contributed by atoms with Crippen molar-refractivity contribution in [2.75, 3.05) is 27.4 Å². The van der Waals surface area contributed by atoms with Gasteiger partial charge in [0.2, 0.25) is 0 Å². The Morgan fingerprint density at radius 2 is 1.57 bits per heavy atom. The molecule has 3 aliphatic rings. The third-order valence-corrected chi connectivity index (χ3v) is 9.45. The number of rotatable bonds is 9. The van der Waals surface area contributed by atoms with Gasteiger partial charge in [0.1, 0.15) is 6.61 Å². The molecule has 0 atom stereocenters. The average Bonchev–Trinajstić information content (AvgIpc) is 3.00. The van der Waals surface area contributed by atoms with Crippen LogP contribution in [0.4, 0.5) is 0 Å². The van der Waals surface area contributed by atoms with E-state index in [1.54, 1.807) is 14.2 Å². The van der Waals surface area contributed by atoms with Gasteiger partial charge in [-0.1, -0.05) is 42.5 Å². The summed E-state index contributed by atoms with van der Waals surface area (Å²) in [5.41, 5.74) is 5.76. The summed E-state index contributed by atoms with van der Waals surface area (Å²) in [4.78, 5) is 29.6. The Morgan fingerprint density at radius 1 is 0.881 bits per heavy atom. The van der Waals surface area contributed by atoms with Gasteiger partial charge in [-0.15, -0.1) is 0 Å². The number of carbonyl (C=O) groups is 2. The Morgan fingerprint density at radius 3 is 2.26 bits per heavy atom. The molecule has 1 heterocycles. The summed E-state index contributed by atoms with van der Waals surface area (Å²) in [5.74, 6) is 1.18. The van der Waals surface area contributed by atoms with Crippen molar-refractivity contribution >= 4 is 44.9 Å². The van der Waals surface area contributed by atoms with E-state index in [4.69, 9.17) is 14.2 Å². The summed E-state index contributed by atoms with van der Waals surface area (Å²) < 4.78 is 18.5. The second kappa shape index (κ2) is 12.6. The van der Waals surface area contributed by atoms with Gasteiger partial charge in [-0.25, -0.2) is 0 Å². The largest absolute Gasteiger partial charge is 0.493 e. The smallest absolute Gasteiger partial charge is 0.174 e. The topological polar surface area (TPSA) is 65.1 Å². The van der Waals surface area contributed by atoms with Crippen molar-refractivity contribution in [3.05, 3.63) is 91.8 Å². The van der Waals surface area contributed by atoms with Crippen LogP contribution in [0.5, 0.6) is 11.5 Å². The maximum atomic E-state index is 13.6. The summed E-state index contributed by atoms with van der Waals surface area (Å²) in [5, 5.41) is 2.33. The number of allylic oxidation sites excluding steroid dienone is 4. The summed E-state index contributed by atoms with van der Waals surface area (Å²) >= 11 is 2.29. The lowest BCUT2D eigenvalue weighted by atomic mass is 9.71. The third kappa shape index (κ3) is 5.37. The first kappa shape index (κ1) is 28.9. The molecule has 0 spiro atoms. The number of ether oxygens (including phenoxy) is 3. The zero-order valence-electron chi connectivity index (χ0n) is 24.2. The zero-order valence-corrected chi connectivity index (χ0v) is 26.4. The lowest BCUT2D eigenvalue weighted by molar-refractivity contribution is -0.117. The van der Waals surface area contributed by atoms with E-state index >= 15 is 0 Å². The minimum atomic E-state index is -0.385. The molecule has 0 N–H and O–H groups in total. The molecule has 0 unspecified atom stereocenters. The van der Waals surface area contributed by atoms with Crippen LogP contribution in [0.1, 0.15) is 62.0 Å². The van der Waals surface area contributed by atoms with Crippen molar-refractivity contribution in [3.8, 4) is 11.5 Å². The van der Waals surface area contributed by atoms with Crippen molar-refractivity contribution in [1.29, 1.82) is 0 Å². The Kier molecular flexibility index (Phi) is 8.67. The van der Waals surface area contributed by atoms with E-state index in [2.05, 4.69) is 57.8 Å². The normalized spacial score (nSPS) is 17.5. The first-order chi connectivity index (χ1) is 20.5. The second-order valence-corrected chi connectivity index (χ2v) is 12.3. The molecular weight excluding hydrogens is 641 g/mol. The van der Waals surface area contributed by atoms with Crippen molar-refractivity contribution in [2.45, 2.75) is 57.5 Å². The van der Waals surface area contributed by atoms with Gasteiger partial charge in [-0.05, 0) is 88.7 Å². The van der Waals surface area contributed by atoms with Gasteiger partial charge < -0.3 is 19.1 Å². The van der Waals surface area contributed by atoms with Gasteiger partial charge in [0, 0.05) is 61.6 Å². The molecule has 3 aromatic rings. The predicted molar refractivity (Wildman–Crippen MR) is 172 cm³/mol. The number of Topliss-reactive ketones (excluding diaryl/α,β-unsaturated/α-hetero) is 2. The molecule has 218 valence electrons. The van der Waals surface area contributed by atoms with Crippen molar-refractivity contribution < 1.29 is 23.8 Å². The molecule has 2 aliphatic carbocycles. The van der Waals surface area contributed by atoms with Crippen molar-refractivity contribution in [3.63, 3.8) is 0 Å². The number of benzene rings is 3. The SMILES string of the molecule is COCCCN1C2=C(C(=O)CCC2)C(c2cc(I)c(OCc3cccc4ccccc34)c(OC)c2)C2=C1CCCC2=O. The molecule has 0 fully saturated rings. The number of hydrogen-bond donors (Lipinski definition) is 0. The van der Waals surface area contributed by atoms with Crippen LogP contribution < -0.4 is 9.47 Å². The van der Waals surface area contributed by atoms with Gasteiger partial charge in [-0.2, -0.15) is 0 Å². The minimum absolute atomic E-state index is 0.146. The molecular formula is C35H36INO5. The van der Waals surface area contributed by atoms with Crippen LogP contribution in [0.2, 0.25) is 0 Å². The van der Waals surface area contributed by atoms with Crippen LogP contribution in [0, 0.1) is 3.57 Å². The van der Waals surface area contributed by atoms with E-state index in [0.717, 1.165) is 81.3 Å². The van der Waals surface area contributed by atoms with Crippen LogP contribution in [0.15, 0.2) is 77.1 Å². The summed E-state index contributed by atoms with van der Waals surface area (Å²) in [6.45, 7) is 1.79. The van der Waals surface area contributed by atoms with E-state index in [0.29, 0.717) is 37.6 Å². The van der Waals surface area contributed by atoms with Gasteiger partial charge >= 0.3 is 0 Å². The van der Waals surface area contributed by atoms with Crippen LogP contribution in [0.25, 0.3) is 10.8 Å². The molecule has 3 aromatic carbocycles. The van der Waals surface area contributed by atoms with Crippen molar-refractivity contribution in [1.82, 2.24) is 4.90 Å². The quantitative estimate of drug-likeness (QED) is 0.173.